The van der Waals surface area contributed by atoms with Gasteiger partial charge in [0.15, 0.2) is 11.8 Å². The first-order valence-electron chi connectivity index (χ1n) is 11.6. The fourth-order valence-corrected chi connectivity index (χ4v) is 3.97. The lowest BCUT2D eigenvalue weighted by Crippen LogP contribution is -2.56. The average molecular weight is 539 g/mol. The molecule has 39 heavy (non-hydrogen) atoms. The van der Waals surface area contributed by atoms with Crippen LogP contribution in [0.15, 0.2) is 59.7 Å². The van der Waals surface area contributed by atoms with Gasteiger partial charge in [-0.2, -0.15) is 5.11 Å². The molecule has 0 bridgehead atoms. The maximum atomic E-state index is 13.3. The summed E-state index contributed by atoms with van der Waals surface area (Å²) in [6.07, 6.45) is -0.790. The number of amides is 4. The van der Waals surface area contributed by atoms with E-state index in [-0.39, 0.29) is 17.3 Å². The number of benzene rings is 2. The number of para-hydroxylation sites is 1. The number of ketones is 1. The summed E-state index contributed by atoms with van der Waals surface area (Å²) in [5.41, 5.74) is 12.1. The Morgan fingerprint density at radius 3 is 2.28 bits per heavy atom. The van der Waals surface area contributed by atoms with E-state index in [0.717, 1.165) is 6.92 Å². The van der Waals surface area contributed by atoms with Crippen LogP contribution in [-0.4, -0.2) is 57.8 Å². The van der Waals surface area contributed by atoms with Gasteiger partial charge in [0, 0.05) is 5.69 Å². The summed E-state index contributed by atoms with van der Waals surface area (Å²) in [4.78, 5) is 81.9. The Labute approximate surface area is 222 Å². The molecule has 1 fully saturated rings. The third-order valence-electron chi connectivity index (χ3n) is 5.98. The molecule has 2 aromatic carbocycles. The van der Waals surface area contributed by atoms with Crippen molar-refractivity contribution in [1.82, 2.24) is 10.4 Å². The molecular formula is C25H26N6O8. The number of rotatable bonds is 11. The van der Waals surface area contributed by atoms with Crippen LogP contribution < -0.4 is 16.0 Å². The molecule has 4 amide bonds. The van der Waals surface area contributed by atoms with Gasteiger partial charge in [-0.3, -0.25) is 24.1 Å². The van der Waals surface area contributed by atoms with Crippen LogP contribution in [0.5, 0.6) is 0 Å². The van der Waals surface area contributed by atoms with E-state index in [1.807, 2.05) is 0 Å². The fraction of sp³-hybridized carbons (Fsp3) is 0.280. The van der Waals surface area contributed by atoms with Crippen molar-refractivity contribution >= 4 is 41.3 Å². The van der Waals surface area contributed by atoms with E-state index in [1.165, 1.54) is 31.2 Å². The molecule has 5 N–H and O–H groups in total. The predicted octanol–water partition coefficient (Wildman–Crippen LogP) is 1.24. The first-order valence-corrected chi connectivity index (χ1v) is 11.6. The molecule has 14 heteroatoms. The quantitative estimate of drug-likeness (QED) is 0.184. The molecule has 204 valence electrons. The smallest absolute Gasteiger partial charge is 0.363 e. The molecular weight excluding hydrogens is 512 g/mol. The van der Waals surface area contributed by atoms with Gasteiger partial charge >= 0.3 is 18.0 Å². The maximum Gasteiger partial charge on any atom is 0.363 e. The normalized spacial score (nSPS) is 18.1. The van der Waals surface area contributed by atoms with Crippen LogP contribution in [-0.2, 0) is 40.9 Å². The molecule has 2 aromatic rings. The highest BCUT2D eigenvalue weighted by atomic mass is 16.7. The Kier molecular flexibility index (Phi) is 8.50. The minimum absolute atomic E-state index is 0.0297. The number of aliphatic carboxylic acids is 1. The van der Waals surface area contributed by atoms with Crippen LogP contribution in [0, 0.1) is 5.53 Å². The second-order valence-electron chi connectivity index (χ2n) is 8.84. The molecule has 0 saturated carbocycles. The number of Topliss-reactive ketones (excluding diaryl/α,β-unsaturated/α-hetero) is 1. The van der Waals surface area contributed by atoms with Gasteiger partial charge in [-0.1, -0.05) is 47.5 Å². The predicted molar refractivity (Wildman–Crippen MR) is 133 cm³/mol. The molecule has 0 radical (unpaired) electrons. The van der Waals surface area contributed by atoms with Crippen molar-refractivity contribution < 1.29 is 38.7 Å². The van der Waals surface area contributed by atoms with E-state index < -0.39 is 59.6 Å². The molecule has 1 aliphatic heterocycles. The summed E-state index contributed by atoms with van der Waals surface area (Å²) < 4.78 is 0. The standard InChI is InChI=1S/C25H26N6O8/c1-14(32)20(30(17-6-4-3-5-7-17)21(35)18(26)12-19(33)34)22(36)39-31-23(37)25(2,29-24(31)38)16-10-8-15(9-11-16)13-28-27/h3-11,18,20,27H,12-13,26H2,1-2H3,(H,29,38)(H,33,34)/t18-,20-,25+/m0/s1. The molecule has 0 spiro atoms. The monoisotopic (exact) mass is 538 g/mol. The first-order chi connectivity index (χ1) is 18.4. The summed E-state index contributed by atoms with van der Waals surface area (Å²) in [7, 11) is 0. The molecule has 0 unspecified atom stereocenters. The van der Waals surface area contributed by atoms with Crippen LogP contribution >= 0.6 is 0 Å². The number of carboxylic acids is 1. The Morgan fingerprint density at radius 2 is 1.74 bits per heavy atom. The summed E-state index contributed by atoms with van der Waals surface area (Å²) in [5.74, 6) is -5.76. The number of carbonyl (C=O) groups excluding carboxylic acids is 5. The Bertz CT molecular complexity index is 1320. The second-order valence-corrected chi connectivity index (χ2v) is 8.84. The fourth-order valence-electron chi connectivity index (χ4n) is 3.97. The minimum atomic E-state index is -2.00. The number of urea groups is 1. The van der Waals surface area contributed by atoms with Crippen LogP contribution in [0.25, 0.3) is 0 Å². The van der Waals surface area contributed by atoms with E-state index in [4.69, 9.17) is 21.2 Å². The summed E-state index contributed by atoms with van der Waals surface area (Å²) in [6, 6.07) is 8.99. The molecule has 0 aliphatic carbocycles. The van der Waals surface area contributed by atoms with Crippen molar-refractivity contribution in [3.05, 3.63) is 65.7 Å². The highest BCUT2D eigenvalue weighted by Gasteiger charge is 2.52. The van der Waals surface area contributed by atoms with Crippen LogP contribution in [0.1, 0.15) is 31.4 Å². The second kappa shape index (κ2) is 11.6. The zero-order valence-corrected chi connectivity index (χ0v) is 21.0. The molecule has 1 saturated heterocycles. The van der Waals surface area contributed by atoms with Gasteiger partial charge in [-0.15, -0.1) is 0 Å². The SMILES string of the molecule is CC(=O)[C@@H](C(=O)ON1C(=O)N[C@](C)(c2ccc(CN=N)cc2)C1=O)N(C(=O)[C@@H](N)CC(=O)O)c1ccccc1. The number of nitrogens with one attached hydrogen (secondary N) is 2. The summed E-state index contributed by atoms with van der Waals surface area (Å²) in [6.45, 7) is 2.50. The molecule has 3 rings (SSSR count). The van der Waals surface area contributed by atoms with Crippen molar-refractivity contribution in [2.24, 2.45) is 10.8 Å². The third-order valence-corrected chi connectivity index (χ3v) is 5.98. The third kappa shape index (κ3) is 5.96. The number of imide groups is 1. The minimum Gasteiger partial charge on any atom is -0.481 e. The lowest BCUT2D eigenvalue weighted by atomic mass is 9.91. The number of hydroxylamine groups is 2. The van der Waals surface area contributed by atoms with E-state index in [9.17, 15) is 28.8 Å². The zero-order chi connectivity index (χ0) is 28.9. The molecule has 0 aromatic heterocycles. The molecule has 1 heterocycles. The number of anilines is 1. The van der Waals surface area contributed by atoms with Gasteiger partial charge in [-0.05, 0) is 37.1 Å². The van der Waals surface area contributed by atoms with Crippen LogP contribution in [0.4, 0.5) is 10.5 Å². The Morgan fingerprint density at radius 1 is 1.13 bits per heavy atom. The lowest BCUT2D eigenvalue weighted by molar-refractivity contribution is -0.186. The Balaban J connectivity index is 1.92. The number of nitrogens with two attached hydrogens (primary N) is 1. The van der Waals surface area contributed by atoms with Gasteiger partial charge in [0.25, 0.3) is 5.91 Å². The van der Waals surface area contributed by atoms with E-state index in [2.05, 4.69) is 10.4 Å². The zero-order valence-electron chi connectivity index (χ0n) is 21.0. The number of carbonyl (C=O) groups is 6. The molecule has 3 atom stereocenters. The highest BCUT2D eigenvalue weighted by molar-refractivity contribution is 6.15. The maximum absolute atomic E-state index is 13.3. The summed E-state index contributed by atoms with van der Waals surface area (Å²) >= 11 is 0. The van der Waals surface area contributed by atoms with Crippen molar-refractivity contribution in [1.29, 1.82) is 5.53 Å². The van der Waals surface area contributed by atoms with Gasteiger partial charge in [-0.25, -0.2) is 15.1 Å². The molecule has 1 aliphatic rings. The van der Waals surface area contributed by atoms with E-state index >= 15 is 0 Å². The van der Waals surface area contributed by atoms with Gasteiger partial charge in [0.1, 0.15) is 5.54 Å². The molecule has 14 nitrogen and oxygen atoms in total. The number of hydrogen-bond acceptors (Lipinski definition) is 10. The first kappa shape index (κ1) is 28.6. The van der Waals surface area contributed by atoms with Crippen molar-refractivity contribution in [2.75, 3.05) is 4.90 Å². The topological polar surface area (TPSA) is 213 Å². The van der Waals surface area contributed by atoms with E-state index in [0.29, 0.717) is 16.0 Å². The number of carboxylic acid groups (broad SMARTS) is 1. The van der Waals surface area contributed by atoms with E-state index in [1.54, 1.807) is 30.3 Å². The van der Waals surface area contributed by atoms with Gasteiger partial charge in [0.05, 0.1) is 19.0 Å². The van der Waals surface area contributed by atoms with Crippen molar-refractivity contribution in [3.8, 4) is 0 Å². The average Bonchev–Trinajstić information content (AvgIpc) is 3.10. The van der Waals surface area contributed by atoms with Gasteiger partial charge < -0.3 is 21.0 Å². The number of hydrogen-bond donors (Lipinski definition) is 4. The largest absolute Gasteiger partial charge is 0.481 e. The summed E-state index contributed by atoms with van der Waals surface area (Å²) in [5, 5.41) is 15.0. The van der Waals surface area contributed by atoms with Crippen molar-refractivity contribution in [2.45, 2.75) is 44.4 Å². The highest BCUT2D eigenvalue weighted by Crippen LogP contribution is 2.30. The lowest BCUT2D eigenvalue weighted by Gasteiger charge is -2.31. The van der Waals surface area contributed by atoms with Crippen molar-refractivity contribution in [3.63, 3.8) is 0 Å². The van der Waals surface area contributed by atoms with Crippen LogP contribution in [0.3, 0.4) is 0 Å². The number of nitrogens with zero attached hydrogens (tertiary/aromatic N) is 3. The van der Waals surface area contributed by atoms with Crippen LogP contribution in [0.2, 0.25) is 0 Å². The van der Waals surface area contributed by atoms with Gasteiger partial charge in [0.2, 0.25) is 5.91 Å². The Hall–Kier alpha value is -4.98.